The van der Waals surface area contributed by atoms with Gasteiger partial charge in [-0.3, -0.25) is 4.79 Å². The normalized spacial score (nSPS) is 15.9. The monoisotopic (exact) mass is 220 g/mol. The minimum absolute atomic E-state index is 0.0165. The fourth-order valence-corrected chi connectivity index (χ4v) is 1.96. The molecule has 0 N–H and O–H groups in total. The molecule has 2 rings (SSSR count). The Hall–Kier alpha value is -1.58. The highest BCUT2D eigenvalue weighted by Crippen LogP contribution is 2.19. The van der Waals surface area contributed by atoms with Gasteiger partial charge in [-0.05, 0) is 31.4 Å². The summed E-state index contributed by atoms with van der Waals surface area (Å²) in [6.07, 6.45) is 5.00. The molecule has 1 amide bonds. The van der Waals surface area contributed by atoms with Crippen LogP contribution in [0.25, 0.3) is 0 Å². The summed E-state index contributed by atoms with van der Waals surface area (Å²) in [5, 5.41) is 0. The molecular formula is C12H16N2O2. The van der Waals surface area contributed by atoms with E-state index in [1.54, 1.807) is 25.4 Å². The number of rotatable bonds is 2. The summed E-state index contributed by atoms with van der Waals surface area (Å²) in [7, 11) is 1.56. The number of hydrogen-bond donors (Lipinski definition) is 0. The average molecular weight is 220 g/mol. The smallest absolute Gasteiger partial charge is 0.276 e. The summed E-state index contributed by atoms with van der Waals surface area (Å²) >= 11 is 0. The first-order valence-electron chi connectivity index (χ1n) is 5.61. The van der Waals surface area contributed by atoms with Crippen LogP contribution in [0, 0.1) is 0 Å². The van der Waals surface area contributed by atoms with E-state index < -0.39 is 0 Å². The van der Waals surface area contributed by atoms with Crippen molar-refractivity contribution in [3.05, 3.63) is 24.0 Å². The molecule has 0 spiro atoms. The van der Waals surface area contributed by atoms with Crippen LogP contribution in [0.3, 0.4) is 0 Å². The predicted molar refractivity (Wildman–Crippen MR) is 60.5 cm³/mol. The number of amides is 1. The summed E-state index contributed by atoms with van der Waals surface area (Å²) in [6, 6.07) is 3.54. The van der Waals surface area contributed by atoms with Crippen molar-refractivity contribution in [3.63, 3.8) is 0 Å². The third kappa shape index (κ3) is 2.15. The fraction of sp³-hybridized carbons (Fsp3) is 0.500. The number of piperidine rings is 1. The quantitative estimate of drug-likeness (QED) is 0.762. The van der Waals surface area contributed by atoms with Gasteiger partial charge in [-0.2, -0.15) is 0 Å². The number of methoxy groups -OCH3 is 1. The standard InChI is InChI=1S/C12H16N2O2/c1-16-10-6-5-7-13-11(10)12(15)14-8-3-2-4-9-14/h5-7H,2-4,8-9H2,1H3. The minimum Gasteiger partial charge on any atom is -0.494 e. The zero-order valence-electron chi connectivity index (χ0n) is 9.48. The summed E-state index contributed by atoms with van der Waals surface area (Å²) in [5.74, 6) is 0.537. The fourth-order valence-electron chi connectivity index (χ4n) is 1.96. The Bertz CT molecular complexity index is 373. The minimum atomic E-state index is -0.0165. The first-order chi connectivity index (χ1) is 7.83. The molecule has 0 bridgehead atoms. The van der Waals surface area contributed by atoms with Crippen molar-refractivity contribution in [1.82, 2.24) is 9.88 Å². The zero-order chi connectivity index (χ0) is 11.4. The van der Waals surface area contributed by atoms with E-state index in [4.69, 9.17) is 4.74 Å². The van der Waals surface area contributed by atoms with Crippen molar-refractivity contribution < 1.29 is 9.53 Å². The van der Waals surface area contributed by atoms with E-state index in [0.29, 0.717) is 11.4 Å². The lowest BCUT2D eigenvalue weighted by Crippen LogP contribution is -2.36. The average Bonchev–Trinajstić information content (AvgIpc) is 2.39. The molecule has 1 aliphatic heterocycles. The van der Waals surface area contributed by atoms with Crippen molar-refractivity contribution >= 4 is 5.91 Å². The third-order valence-corrected chi connectivity index (χ3v) is 2.84. The number of nitrogens with zero attached hydrogens (tertiary/aromatic N) is 2. The molecule has 86 valence electrons. The van der Waals surface area contributed by atoms with Gasteiger partial charge in [0.2, 0.25) is 0 Å². The van der Waals surface area contributed by atoms with Gasteiger partial charge in [0.05, 0.1) is 7.11 Å². The number of hydrogen-bond acceptors (Lipinski definition) is 3. The van der Waals surface area contributed by atoms with Crippen LogP contribution in [0.4, 0.5) is 0 Å². The zero-order valence-corrected chi connectivity index (χ0v) is 9.48. The highest BCUT2D eigenvalue weighted by Gasteiger charge is 2.21. The van der Waals surface area contributed by atoms with Crippen LogP contribution in [0.15, 0.2) is 18.3 Å². The Morgan fingerprint density at radius 3 is 2.81 bits per heavy atom. The van der Waals surface area contributed by atoms with Crippen LogP contribution in [-0.2, 0) is 0 Å². The van der Waals surface area contributed by atoms with Gasteiger partial charge in [0.15, 0.2) is 5.69 Å². The van der Waals surface area contributed by atoms with Crippen molar-refractivity contribution in [3.8, 4) is 5.75 Å². The molecule has 16 heavy (non-hydrogen) atoms. The van der Waals surface area contributed by atoms with Crippen LogP contribution in [0.2, 0.25) is 0 Å². The topological polar surface area (TPSA) is 42.4 Å². The highest BCUT2D eigenvalue weighted by atomic mass is 16.5. The lowest BCUT2D eigenvalue weighted by molar-refractivity contribution is 0.0714. The Kier molecular flexibility index (Phi) is 3.39. The van der Waals surface area contributed by atoms with Gasteiger partial charge in [-0.1, -0.05) is 0 Å². The van der Waals surface area contributed by atoms with Gasteiger partial charge >= 0.3 is 0 Å². The molecule has 1 saturated heterocycles. The van der Waals surface area contributed by atoms with Crippen molar-refractivity contribution in [2.75, 3.05) is 20.2 Å². The molecule has 2 heterocycles. The van der Waals surface area contributed by atoms with Crippen LogP contribution >= 0.6 is 0 Å². The molecule has 0 aliphatic carbocycles. The van der Waals surface area contributed by atoms with Crippen LogP contribution in [-0.4, -0.2) is 36.0 Å². The Labute approximate surface area is 95.2 Å². The lowest BCUT2D eigenvalue weighted by Gasteiger charge is -2.26. The number of carbonyl (C=O) groups excluding carboxylic acids is 1. The molecule has 4 nitrogen and oxygen atoms in total. The molecule has 1 aromatic heterocycles. The van der Waals surface area contributed by atoms with Gasteiger partial charge < -0.3 is 9.64 Å². The summed E-state index contributed by atoms with van der Waals surface area (Å²) in [6.45, 7) is 1.66. The Morgan fingerprint density at radius 1 is 1.38 bits per heavy atom. The number of carbonyl (C=O) groups is 1. The number of ether oxygens (including phenoxy) is 1. The maximum absolute atomic E-state index is 12.2. The van der Waals surface area contributed by atoms with E-state index in [9.17, 15) is 4.79 Å². The molecule has 0 unspecified atom stereocenters. The molecule has 0 aromatic carbocycles. The van der Waals surface area contributed by atoms with E-state index in [0.717, 1.165) is 25.9 Å². The first kappa shape index (κ1) is 10.9. The summed E-state index contributed by atoms with van der Waals surface area (Å²) in [4.78, 5) is 18.1. The van der Waals surface area contributed by atoms with E-state index in [2.05, 4.69) is 4.98 Å². The summed E-state index contributed by atoms with van der Waals surface area (Å²) in [5.41, 5.74) is 0.423. The van der Waals surface area contributed by atoms with E-state index in [-0.39, 0.29) is 5.91 Å². The predicted octanol–water partition coefficient (Wildman–Crippen LogP) is 1.72. The maximum Gasteiger partial charge on any atom is 0.276 e. The van der Waals surface area contributed by atoms with Crippen LogP contribution < -0.4 is 4.74 Å². The summed E-state index contributed by atoms with van der Waals surface area (Å²) < 4.78 is 5.15. The van der Waals surface area contributed by atoms with E-state index in [1.807, 2.05) is 4.90 Å². The molecule has 0 radical (unpaired) electrons. The van der Waals surface area contributed by atoms with E-state index in [1.165, 1.54) is 6.42 Å². The molecule has 1 aromatic rings. The number of likely N-dealkylation sites (tertiary alicyclic amines) is 1. The molecule has 1 aliphatic rings. The van der Waals surface area contributed by atoms with Crippen LogP contribution in [0.1, 0.15) is 29.8 Å². The number of aromatic nitrogens is 1. The number of pyridine rings is 1. The highest BCUT2D eigenvalue weighted by molar-refractivity contribution is 5.94. The maximum atomic E-state index is 12.2. The van der Waals surface area contributed by atoms with Gasteiger partial charge in [-0.25, -0.2) is 4.98 Å². The van der Waals surface area contributed by atoms with Crippen molar-refractivity contribution in [2.45, 2.75) is 19.3 Å². The first-order valence-corrected chi connectivity index (χ1v) is 5.61. The Balaban J connectivity index is 2.19. The molecule has 0 atom stereocenters. The second kappa shape index (κ2) is 4.96. The molecular weight excluding hydrogens is 204 g/mol. The van der Waals surface area contributed by atoms with Gasteiger partial charge in [-0.15, -0.1) is 0 Å². The van der Waals surface area contributed by atoms with Gasteiger partial charge in [0, 0.05) is 19.3 Å². The SMILES string of the molecule is COc1cccnc1C(=O)N1CCCCC1. The van der Waals surface area contributed by atoms with Crippen LogP contribution in [0.5, 0.6) is 5.75 Å². The molecule has 1 fully saturated rings. The molecule has 0 saturated carbocycles. The molecule has 4 heteroatoms. The van der Waals surface area contributed by atoms with Gasteiger partial charge in [0.25, 0.3) is 5.91 Å². The van der Waals surface area contributed by atoms with Gasteiger partial charge in [0.1, 0.15) is 5.75 Å². The van der Waals surface area contributed by atoms with Crippen molar-refractivity contribution in [1.29, 1.82) is 0 Å². The largest absolute Gasteiger partial charge is 0.494 e. The van der Waals surface area contributed by atoms with E-state index >= 15 is 0 Å². The lowest BCUT2D eigenvalue weighted by atomic mass is 10.1. The van der Waals surface area contributed by atoms with Crippen molar-refractivity contribution in [2.24, 2.45) is 0 Å². The second-order valence-corrected chi connectivity index (χ2v) is 3.91. The second-order valence-electron chi connectivity index (χ2n) is 3.91. The third-order valence-electron chi connectivity index (χ3n) is 2.84. The Morgan fingerprint density at radius 2 is 2.12 bits per heavy atom.